The predicted molar refractivity (Wildman–Crippen MR) is 60.5 cm³/mol. The third-order valence-electron chi connectivity index (χ3n) is 3.54. The Hall–Kier alpha value is -1.64. The third kappa shape index (κ3) is 1.49. The molecule has 0 radical (unpaired) electrons. The standard InChI is InChI=1S/C13H13NO3/c1-16-11-3-2-9-6-17-7-10(9)12(11)13(4-5-13)14-8-15/h2-3H,4-7H2,1H3. The second kappa shape index (κ2) is 3.69. The maximum atomic E-state index is 10.6. The molecule has 4 heteroatoms. The van der Waals surface area contributed by atoms with Gasteiger partial charge in [-0.05, 0) is 30.0 Å². The van der Waals surface area contributed by atoms with Crippen LogP contribution in [0.1, 0.15) is 29.5 Å². The number of aliphatic imine (C=N–C) groups is 1. The molecule has 88 valence electrons. The Morgan fingerprint density at radius 1 is 1.41 bits per heavy atom. The van der Waals surface area contributed by atoms with Gasteiger partial charge in [0.05, 0.1) is 20.3 Å². The number of ether oxygens (including phenoxy) is 2. The number of carbonyl (C=O) groups excluding carboxylic acids is 1. The molecule has 1 fully saturated rings. The Bertz CT molecular complexity index is 514. The van der Waals surface area contributed by atoms with E-state index in [0.717, 1.165) is 29.7 Å². The maximum Gasteiger partial charge on any atom is 0.235 e. The van der Waals surface area contributed by atoms with Crippen molar-refractivity contribution in [2.75, 3.05) is 7.11 Å². The Morgan fingerprint density at radius 3 is 2.88 bits per heavy atom. The van der Waals surface area contributed by atoms with E-state index in [-0.39, 0.29) is 0 Å². The largest absolute Gasteiger partial charge is 0.496 e. The fourth-order valence-corrected chi connectivity index (χ4v) is 2.54. The van der Waals surface area contributed by atoms with Crippen LogP contribution in [-0.2, 0) is 28.3 Å². The lowest BCUT2D eigenvalue weighted by Gasteiger charge is -2.17. The topological polar surface area (TPSA) is 47.9 Å². The van der Waals surface area contributed by atoms with Crippen LogP contribution >= 0.6 is 0 Å². The molecule has 1 saturated carbocycles. The van der Waals surface area contributed by atoms with E-state index in [0.29, 0.717) is 13.2 Å². The van der Waals surface area contributed by atoms with Gasteiger partial charge in [-0.1, -0.05) is 6.07 Å². The third-order valence-corrected chi connectivity index (χ3v) is 3.54. The van der Waals surface area contributed by atoms with Crippen LogP contribution < -0.4 is 4.74 Å². The number of hydrogen-bond acceptors (Lipinski definition) is 4. The number of nitrogens with zero attached hydrogens (tertiary/aromatic N) is 1. The summed E-state index contributed by atoms with van der Waals surface area (Å²) in [6.45, 7) is 1.21. The van der Waals surface area contributed by atoms with Crippen LogP contribution in [0.3, 0.4) is 0 Å². The molecule has 3 rings (SSSR count). The predicted octanol–water partition coefficient (Wildman–Crippen LogP) is 2.05. The molecule has 0 atom stereocenters. The highest BCUT2D eigenvalue weighted by atomic mass is 16.5. The van der Waals surface area contributed by atoms with Gasteiger partial charge in [-0.25, -0.2) is 4.79 Å². The molecule has 0 bridgehead atoms. The zero-order valence-corrected chi connectivity index (χ0v) is 9.66. The quantitative estimate of drug-likeness (QED) is 0.591. The van der Waals surface area contributed by atoms with Gasteiger partial charge in [-0.2, -0.15) is 4.99 Å². The molecule has 0 spiro atoms. The van der Waals surface area contributed by atoms with E-state index in [1.165, 1.54) is 5.56 Å². The van der Waals surface area contributed by atoms with Gasteiger partial charge in [0.25, 0.3) is 0 Å². The first-order valence-corrected chi connectivity index (χ1v) is 5.67. The van der Waals surface area contributed by atoms with Crippen molar-refractivity contribution in [3.63, 3.8) is 0 Å². The first-order valence-electron chi connectivity index (χ1n) is 5.67. The molecule has 0 aromatic heterocycles. The number of rotatable bonds is 3. The minimum Gasteiger partial charge on any atom is -0.496 e. The molecule has 1 aromatic carbocycles. The van der Waals surface area contributed by atoms with Gasteiger partial charge in [0.2, 0.25) is 6.08 Å². The average Bonchev–Trinajstić information content (AvgIpc) is 2.96. The van der Waals surface area contributed by atoms with E-state index in [1.54, 1.807) is 13.2 Å². The summed E-state index contributed by atoms with van der Waals surface area (Å²) in [6, 6.07) is 3.95. The number of fused-ring (bicyclic) bond motifs is 1. The highest BCUT2D eigenvalue weighted by molar-refractivity contribution is 5.54. The van der Waals surface area contributed by atoms with Crippen molar-refractivity contribution in [2.45, 2.75) is 31.6 Å². The van der Waals surface area contributed by atoms with Gasteiger partial charge in [0, 0.05) is 5.56 Å². The SMILES string of the molecule is COc1ccc2c(c1C1(N=C=O)CC1)COC2. The summed E-state index contributed by atoms with van der Waals surface area (Å²) in [7, 11) is 1.64. The van der Waals surface area contributed by atoms with Gasteiger partial charge in [0.15, 0.2) is 0 Å². The monoisotopic (exact) mass is 231 g/mol. The number of hydrogen-bond donors (Lipinski definition) is 0. The molecule has 0 N–H and O–H groups in total. The first-order chi connectivity index (χ1) is 8.30. The van der Waals surface area contributed by atoms with Crippen LogP contribution in [0.15, 0.2) is 17.1 Å². The van der Waals surface area contributed by atoms with Crippen molar-refractivity contribution >= 4 is 6.08 Å². The number of benzene rings is 1. The van der Waals surface area contributed by atoms with Gasteiger partial charge < -0.3 is 9.47 Å². The summed E-state index contributed by atoms with van der Waals surface area (Å²) in [5.41, 5.74) is 2.94. The molecule has 1 aromatic rings. The molecular weight excluding hydrogens is 218 g/mol. The summed E-state index contributed by atoms with van der Waals surface area (Å²) in [4.78, 5) is 14.6. The molecular formula is C13H13NO3. The molecule has 2 aliphatic rings. The highest BCUT2D eigenvalue weighted by Crippen LogP contribution is 2.54. The molecule has 1 heterocycles. The lowest BCUT2D eigenvalue weighted by Crippen LogP contribution is -2.09. The van der Waals surface area contributed by atoms with Crippen molar-refractivity contribution in [1.82, 2.24) is 0 Å². The fraction of sp³-hybridized carbons (Fsp3) is 0.462. The Morgan fingerprint density at radius 2 is 2.24 bits per heavy atom. The minimum atomic E-state index is -0.397. The molecule has 0 amide bonds. The second-order valence-electron chi connectivity index (χ2n) is 4.51. The molecule has 0 unspecified atom stereocenters. The summed E-state index contributed by atoms with van der Waals surface area (Å²) < 4.78 is 10.9. The van der Waals surface area contributed by atoms with Crippen molar-refractivity contribution in [1.29, 1.82) is 0 Å². The number of methoxy groups -OCH3 is 1. The smallest absolute Gasteiger partial charge is 0.235 e. The van der Waals surface area contributed by atoms with Crippen LogP contribution in [0, 0.1) is 0 Å². The van der Waals surface area contributed by atoms with Crippen molar-refractivity contribution in [2.24, 2.45) is 4.99 Å². The Labute approximate surface area is 99.3 Å². The molecule has 17 heavy (non-hydrogen) atoms. The molecule has 1 aliphatic heterocycles. The van der Waals surface area contributed by atoms with Crippen molar-refractivity contribution < 1.29 is 14.3 Å². The summed E-state index contributed by atoms with van der Waals surface area (Å²) in [5.74, 6) is 0.797. The summed E-state index contributed by atoms with van der Waals surface area (Å²) in [5, 5.41) is 0. The Kier molecular flexibility index (Phi) is 2.28. The maximum absolute atomic E-state index is 10.6. The number of isocyanates is 1. The van der Waals surface area contributed by atoms with Crippen LogP contribution in [0.25, 0.3) is 0 Å². The van der Waals surface area contributed by atoms with Gasteiger partial charge >= 0.3 is 0 Å². The van der Waals surface area contributed by atoms with Crippen LogP contribution in [0.2, 0.25) is 0 Å². The van der Waals surface area contributed by atoms with E-state index in [4.69, 9.17) is 9.47 Å². The lowest BCUT2D eigenvalue weighted by molar-refractivity contribution is 0.134. The normalized spacial score (nSPS) is 19.4. The van der Waals surface area contributed by atoms with Crippen LogP contribution in [-0.4, -0.2) is 13.2 Å². The Balaban J connectivity index is 2.20. The lowest BCUT2D eigenvalue weighted by atomic mass is 9.95. The summed E-state index contributed by atoms with van der Waals surface area (Å²) in [6.07, 6.45) is 3.46. The fourth-order valence-electron chi connectivity index (χ4n) is 2.54. The second-order valence-corrected chi connectivity index (χ2v) is 4.51. The van der Waals surface area contributed by atoms with E-state index in [9.17, 15) is 4.79 Å². The van der Waals surface area contributed by atoms with E-state index >= 15 is 0 Å². The zero-order valence-electron chi connectivity index (χ0n) is 9.66. The van der Waals surface area contributed by atoms with Gasteiger partial charge in [-0.15, -0.1) is 0 Å². The van der Waals surface area contributed by atoms with Crippen molar-refractivity contribution in [3.8, 4) is 5.75 Å². The van der Waals surface area contributed by atoms with E-state index in [1.807, 2.05) is 12.1 Å². The highest BCUT2D eigenvalue weighted by Gasteiger charge is 2.49. The van der Waals surface area contributed by atoms with E-state index < -0.39 is 5.54 Å². The van der Waals surface area contributed by atoms with Crippen molar-refractivity contribution in [3.05, 3.63) is 28.8 Å². The average molecular weight is 231 g/mol. The molecule has 4 nitrogen and oxygen atoms in total. The van der Waals surface area contributed by atoms with Gasteiger partial charge in [-0.3, -0.25) is 0 Å². The van der Waals surface area contributed by atoms with Crippen LogP contribution in [0.5, 0.6) is 5.75 Å². The first kappa shape index (κ1) is 10.5. The summed E-state index contributed by atoms with van der Waals surface area (Å²) >= 11 is 0. The van der Waals surface area contributed by atoms with E-state index in [2.05, 4.69) is 4.99 Å². The molecule has 1 aliphatic carbocycles. The minimum absolute atomic E-state index is 0.397. The zero-order chi connectivity index (χ0) is 11.9. The van der Waals surface area contributed by atoms with Gasteiger partial charge in [0.1, 0.15) is 11.3 Å². The molecule has 0 saturated heterocycles. The van der Waals surface area contributed by atoms with Crippen LogP contribution in [0.4, 0.5) is 0 Å².